The quantitative estimate of drug-likeness (QED) is 0.671. The van der Waals surface area contributed by atoms with E-state index < -0.39 is 11.0 Å². The molecule has 0 spiro atoms. The van der Waals surface area contributed by atoms with Crippen LogP contribution >= 0.6 is 0 Å². The van der Waals surface area contributed by atoms with E-state index in [0.29, 0.717) is 18.5 Å². The summed E-state index contributed by atoms with van der Waals surface area (Å²) in [6.07, 6.45) is 1.58. The minimum absolute atomic E-state index is 0.0704. The number of methoxy groups -OCH3 is 1. The number of amides is 1. The summed E-state index contributed by atoms with van der Waals surface area (Å²) in [7, 11) is 3.37. The van der Waals surface area contributed by atoms with Gasteiger partial charge in [-0.3, -0.25) is 10.1 Å². The highest BCUT2D eigenvalue weighted by Crippen LogP contribution is 2.39. The maximum atomic E-state index is 11.3. The molecule has 2 N–H and O–H groups in total. The molecule has 118 valence electrons. The van der Waals surface area contributed by atoms with Crippen LogP contribution in [0.5, 0.6) is 11.5 Å². The summed E-state index contributed by atoms with van der Waals surface area (Å²) in [6.45, 7) is 1.53. The van der Waals surface area contributed by atoms with Crippen LogP contribution in [0.1, 0.15) is 12.0 Å². The van der Waals surface area contributed by atoms with Crippen molar-refractivity contribution in [3.63, 3.8) is 0 Å². The summed E-state index contributed by atoms with van der Waals surface area (Å²) in [5.41, 5.74) is 6.16. The van der Waals surface area contributed by atoms with Crippen molar-refractivity contribution < 1.29 is 19.2 Å². The van der Waals surface area contributed by atoms with E-state index >= 15 is 0 Å². The summed E-state index contributed by atoms with van der Waals surface area (Å²) in [5, 5.41) is 11.3. The number of nitro groups is 1. The van der Waals surface area contributed by atoms with Crippen LogP contribution < -0.4 is 15.2 Å². The Balaban J connectivity index is 2.53. The molecule has 1 aromatic rings. The highest BCUT2D eigenvalue weighted by atomic mass is 16.6. The molecule has 1 amide bonds. The van der Waals surface area contributed by atoms with Crippen LogP contribution in [0, 0.1) is 10.1 Å². The van der Waals surface area contributed by atoms with Gasteiger partial charge in [0.1, 0.15) is 0 Å². The van der Waals surface area contributed by atoms with E-state index in [2.05, 4.69) is 4.90 Å². The molecule has 0 fully saturated rings. The first-order chi connectivity index (χ1) is 10.4. The number of hydrogen-bond donors (Lipinski definition) is 1. The first-order valence-corrected chi connectivity index (χ1v) is 6.64. The molecule has 0 aliphatic carbocycles. The molecule has 1 aliphatic heterocycles. The van der Waals surface area contributed by atoms with Crippen LogP contribution in [0.15, 0.2) is 18.2 Å². The first-order valence-electron chi connectivity index (χ1n) is 6.64. The van der Waals surface area contributed by atoms with Gasteiger partial charge in [0, 0.05) is 13.1 Å². The maximum Gasteiger partial charge on any atom is 0.410 e. The predicted molar refractivity (Wildman–Crippen MR) is 80.0 cm³/mol. The van der Waals surface area contributed by atoms with Crippen molar-refractivity contribution >= 4 is 17.4 Å². The summed E-state index contributed by atoms with van der Waals surface area (Å²) in [5.74, 6) is 0.151. The van der Waals surface area contributed by atoms with Crippen LogP contribution in [0.3, 0.4) is 0 Å². The largest absolute Gasteiger partial charge is 0.493 e. The van der Waals surface area contributed by atoms with Crippen LogP contribution in [0.25, 0.3) is 5.57 Å². The minimum atomic E-state index is -1.06. The molecule has 2 rings (SSSR count). The monoisotopic (exact) mass is 307 g/mol. The van der Waals surface area contributed by atoms with Gasteiger partial charge in [0.2, 0.25) is 0 Å². The molecule has 0 aromatic heterocycles. The number of benzene rings is 1. The van der Waals surface area contributed by atoms with E-state index in [4.69, 9.17) is 15.2 Å². The lowest BCUT2D eigenvalue weighted by Crippen LogP contribution is -2.24. The minimum Gasteiger partial charge on any atom is -0.493 e. The molecule has 22 heavy (non-hydrogen) atoms. The average molecular weight is 307 g/mol. The van der Waals surface area contributed by atoms with E-state index in [1.165, 1.54) is 13.2 Å². The van der Waals surface area contributed by atoms with Gasteiger partial charge in [-0.2, -0.15) is 0 Å². The van der Waals surface area contributed by atoms with E-state index in [9.17, 15) is 14.9 Å². The zero-order chi connectivity index (χ0) is 16.3. The first kappa shape index (κ1) is 15.8. The Morgan fingerprint density at radius 3 is 2.64 bits per heavy atom. The lowest BCUT2D eigenvalue weighted by Gasteiger charge is -2.22. The second-order valence-electron chi connectivity index (χ2n) is 4.94. The Kier molecular flexibility index (Phi) is 4.62. The van der Waals surface area contributed by atoms with Crippen molar-refractivity contribution in [3.05, 3.63) is 33.9 Å². The molecule has 1 aromatic carbocycles. The van der Waals surface area contributed by atoms with Crippen LogP contribution in [-0.2, 0) is 0 Å². The summed E-state index contributed by atoms with van der Waals surface area (Å²) in [6, 6.07) is 2.67. The lowest BCUT2D eigenvalue weighted by atomic mass is 9.97. The molecule has 0 bridgehead atoms. The molecule has 8 heteroatoms. The Morgan fingerprint density at radius 2 is 2.14 bits per heavy atom. The number of nitrogens with two attached hydrogens (primary N) is 1. The molecule has 0 saturated carbocycles. The Morgan fingerprint density at radius 1 is 1.41 bits per heavy atom. The third-order valence-electron chi connectivity index (χ3n) is 3.45. The maximum absolute atomic E-state index is 11.3. The van der Waals surface area contributed by atoms with Crippen LogP contribution in [0.4, 0.5) is 10.5 Å². The van der Waals surface area contributed by atoms with Gasteiger partial charge in [-0.1, -0.05) is 6.08 Å². The fourth-order valence-electron chi connectivity index (χ4n) is 2.32. The molecule has 0 unspecified atom stereocenters. The number of carbonyl (C=O) groups is 1. The molecule has 8 nitrogen and oxygen atoms in total. The number of nitro benzene ring substituents is 1. The SMILES string of the molecule is COc1cc(C2=CCN(C)CC2)c([N+](=O)[O-])cc1OC(N)=O. The summed E-state index contributed by atoms with van der Waals surface area (Å²) < 4.78 is 9.91. The Hall–Kier alpha value is -2.61. The van der Waals surface area contributed by atoms with E-state index in [1.807, 2.05) is 13.1 Å². The molecule has 0 atom stereocenters. The molecule has 1 heterocycles. The summed E-state index contributed by atoms with van der Waals surface area (Å²) in [4.78, 5) is 23.8. The van der Waals surface area contributed by atoms with Gasteiger partial charge in [0.25, 0.3) is 5.69 Å². The Bertz CT molecular complexity index is 642. The number of carbonyl (C=O) groups excluding carboxylic acids is 1. The third kappa shape index (κ3) is 3.34. The molecule has 0 radical (unpaired) electrons. The normalized spacial score (nSPS) is 15.1. The van der Waals surface area contributed by atoms with E-state index in [1.54, 1.807) is 0 Å². The molecule has 1 aliphatic rings. The van der Waals surface area contributed by atoms with Gasteiger partial charge in [-0.25, -0.2) is 4.79 Å². The van der Waals surface area contributed by atoms with Gasteiger partial charge in [-0.15, -0.1) is 0 Å². The van der Waals surface area contributed by atoms with Gasteiger partial charge < -0.3 is 20.1 Å². The third-order valence-corrected chi connectivity index (χ3v) is 3.45. The zero-order valence-electron chi connectivity index (χ0n) is 12.4. The van der Waals surface area contributed by atoms with Crippen molar-refractivity contribution in [2.24, 2.45) is 5.73 Å². The van der Waals surface area contributed by atoms with Crippen molar-refractivity contribution in [2.75, 3.05) is 27.2 Å². The van der Waals surface area contributed by atoms with Crippen LogP contribution in [0.2, 0.25) is 0 Å². The van der Waals surface area contributed by atoms with Gasteiger partial charge in [0.05, 0.1) is 23.7 Å². The van der Waals surface area contributed by atoms with Crippen molar-refractivity contribution in [1.29, 1.82) is 0 Å². The van der Waals surface area contributed by atoms with Crippen LogP contribution in [-0.4, -0.2) is 43.2 Å². The highest BCUT2D eigenvalue weighted by Gasteiger charge is 2.24. The zero-order valence-corrected chi connectivity index (χ0v) is 12.4. The fourth-order valence-corrected chi connectivity index (χ4v) is 2.32. The van der Waals surface area contributed by atoms with Crippen molar-refractivity contribution in [2.45, 2.75) is 6.42 Å². The van der Waals surface area contributed by atoms with Gasteiger partial charge in [-0.05, 0) is 25.1 Å². The number of likely N-dealkylation sites (N-methyl/N-ethyl adjacent to an activating group) is 1. The summed E-state index contributed by atoms with van der Waals surface area (Å²) >= 11 is 0. The molecular weight excluding hydrogens is 290 g/mol. The number of hydrogen-bond acceptors (Lipinski definition) is 6. The number of ether oxygens (including phenoxy) is 2. The topological polar surface area (TPSA) is 108 Å². The second kappa shape index (κ2) is 6.44. The van der Waals surface area contributed by atoms with Gasteiger partial charge in [0.15, 0.2) is 11.5 Å². The predicted octanol–water partition coefficient (Wildman–Crippen LogP) is 1.78. The van der Waals surface area contributed by atoms with Crippen molar-refractivity contribution in [1.82, 2.24) is 4.90 Å². The number of nitrogens with zero attached hydrogens (tertiary/aromatic N) is 2. The number of primary amides is 1. The number of rotatable bonds is 4. The van der Waals surface area contributed by atoms with E-state index in [-0.39, 0.29) is 17.2 Å². The van der Waals surface area contributed by atoms with Gasteiger partial charge >= 0.3 is 6.09 Å². The smallest absolute Gasteiger partial charge is 0.410 e. The lowest BCUT2D eigenvalue weighted by molar-refractivity contribution is -0.385. The highest BCUT2D eigenvalue weighted by molar-refractivity contribution is 5.78. The average Bonchev–Trinajstić information content (AvgIpc) is 2.47. The standard InChI is InChI=1S/C14H17N3O5/c1-16-5-3-9(4-6-16)10-7-12(21-2)13(22-14(15)18)8-11(10)17(19)20/h3,7-8H,4-6H2,1-2H3,(H2,15,18). The molecular formula is C14H17N3O5. The van der Waals surface area contributed by atoms with Crippen molar-refractivity contribution in [3.8, 4) is 11.5 Å². The molecule has 0 saturated heterocycles. The van der Waals surface area contributed by atoms with E-state index in [0.717, 1.165) is 18.2 Å². The Labute approximate surface area is 127 Å². The second-order valence-corrected chi connectivity index (χ2v) is 4.94. The fraction of sp³-hybridized carbons (Fsp3) is 0.357.